The van der Waals surface area contributed by atoms with E-state index in [-0.39, 0.29) is 17.7 Å². The molecule has 2 aromatic rings. The lowest BCUT2D eigenvalue weighted by Gasteiger charge is -2.37. The molecule has 1 aromatic heterocycles. The first-order chi connectivity index (χ1) is 10.6. The van der Waals surface area contributed by atoms with Crippen LogP contribution in [0, 0.1) is 5.92 Å². The van der Waals surface area contributed by atoms with E-state index in [0.717, 1.165) is 5.52 Å². The summed E-state index contributed by atoms with van der Waals surface area (Å²) in [5.41, 5.74) is 1.96. The van der Waals surface area contributed by atoms with Gasteiger partial charge < -0.3 is 10.2 Å². The van der Waals surface area contributed by atoms with Crippen LogP contribution in [-0.2, 0) is 4.79 Å². The van der Waals surface area contributed by atoms with Crippen molar-refractivity contribution in [3.05, 3.63) is 36.2 Å². The molecule has 3 rings (SSSR count). The second-order valence-electron chi connectivity index (χ2n) is 5.74. The average Bonchev–Trinajstić information content (AvgIpc) is 2.53. The van der Waals surface area contributed by atoms with Crippen LogP contribution in [0.1, 0.15) is 24.2 Å². The van der Waals surface area contributed by atoms with Crippen LogP contribution < -0.4 is 5.32 Å². The molecule has 0 radical (unpaired) electrons. The zero-order chi connectivity index (χ0) is 15.7. The number of fused-ring (bicyclic) bond motifs is 1. The number of carbonyl (C=O) groups is 2. The van der Waals surface area contributed by atoms with Gasteiger partial charge in [0.2, 0.25) is 5.91 Å². The maximum absolute atomic E-state index is 12.8. The van der Waals surface area contributed by atoms with Crippen LogP contribution in [0.25, 0.3) is 11.0 Å². The third-order valence-corrected chi connectivity index (χ3v) is 3.86. The van der Waals surface area contributed by atoms with Crippen molar-refractivity contribution in [2.45, 2.75) is 19.9 Å². The molecular formula is C16H18N4O2. The van der Waals surface area contributed by atoms with Gasteiger partial charge in [0.25, 0.3) is 5.91 Å². The molecule has 1 aliphatic rings. The minimum Gasteiger partial charge on any atom is -0.353 e. The first-order valence-electron chi connectivity index (χ1n) is 7.37. The van der Waals surface area contributed by atoms with E-state index in [2.05, 4.69) is 15.3 Å². The summed E-state index contributed by atoms with van der Waals surface area (Å²) in [5.74, 6) is -0.166. The number of benzene rings is 1. The average molecular weight is 298 g/mol. The van der Waals surface area contributed by atoms with Gasteiger partial charge in [-0.25, -0.2) is 0 Å². The van der Waals surface area contributed by atoms with Gasteiger partial charge in [0.05, 0.1) is 11.0 Å². The maximum Gasteiger partial charge on any atom is 0.254 e. The molecule has 2 heterocycles. The van der Waals surface area contributed by atoms with Gasteiger partial charge in [0, 0.05) is 31.0 Å². The van der Waals surface area contributed by atoms with Gasteiger partial charge in [0.15, 0.2) is 0 Å². The van der Waals surface area contributed by atoms with Gasteiger partial charge in [-0.3, -0.25) is 19.6 Å². The van der Waals surface area contributed by atoms with Crippen LogP contribution in [0.5, 0.6) is 0 Å². The molecule has 1 aliphatic heterocycles. The predicted octanol–water partition coefficient (Wildman–Crippen LogP) is 1.23. The van der Waals surface area contributed by atoms with Gasteiger partial charge in [-0.1, -0.05) is 13.8 Å². The molecule has 2 amide bonds. The molecule has 6 heteroatoms. The van der Waals surface area contributed by atoms with E-state index in [0.29, 0.717) is 24.2 Å². The van der Waals surface area contributed by atoms with Crippen molar-refractivity contribution in [3.63, 3.8) is 0 Å². The minimum atomic E-state index is -0.432. The molecule has 22 heavy (non-hydrogen) atoms. The normalized spacial score (nSPS) is 18.6. The molecule has 1 atom stereocenters. The fraction of sp³-hybridized carbons (Fsp3) is 0.375. The molecule has 0 spiro atoms. The fourth-order valence-corrected chi connectivity index (χ4v) is 2.84. The van der Waals surface area contributed by atoms with E-state index >= 15 is 0 Å². The van der Waals surface area contributed by atoms with Gasteiger partial charge >= 0.3 is 0 Å². The number of hydrogen-bond donors (Lipinski definition) is 1. The highest BCUT2D eigenvalue weighted by atomic mass is 16.2. The Morgan fingerprint density at radius 3 is 2.73 bits per heavy atom. The topological polar surface area (TPSA) is 75.2 Å². The van der Waals surface area contributed by atoms with E-state index in [1.807, 2.05) is 13.8 Å². The Kier molecular flexibility index (Phi) is 3.75. The van der Waals surface area contributed by atoms with E-state index in [4.69, 9.17) is 0 Å². The van der Waals surface area contributed by atoms with Crippen LogP contribution in [0.4, 0.5) is 0 Å². The Bertz CT molecular complexity index is 729. The zero-order valence-electron chi connectivity index (χ0n) is 12.6. The van der Waals surface area contributed by atoms with E-state index in [1.165, 1.54) is 0 Å². The van der Waals surface area contributed by atoms with Gasteiger partial charge in [-0.2, -0.15) is 0 Å². The monoisotopic (exact) mass is 298 g/mol. The van der Waals surface area contributed by atoms with Gasteiger partial charge in [-0.15, -0.1) is 0 Å². The Balaban J connectivity index is 1.95. The lowest BCUT2D eigenvalue weighted by Crippen LogP contribution is -2.59. The Hall–Kier alpha value is -2.50. The van der Waals surface area contributed by atoms with E-state index in [1.54, 1.807) is 35.5 Å². The highest BCUT2D eigenvalue weighted by molar-refractivity contribution is 6.00. The summed E-state index contributed by atoms with van der Waals surface area (Å²) in [6, 6.07) is 4.82. The molecule has 1 unspecified atom stereocenters. The summed E-state index contributed by atoms with van der Waals surface area (Å²) in [6.45, 7) is 4.90. The molecule has 0 aliphatic carbocycles. The first-order valence-corrected chi connectivity index (χ1v) is 7.37. The van der Waals surface area contributed by atoms with Crippen molar-refractivity contribution in [1.82, 2.24) is 20.2 Å². The Morgan fingerprint density at radius 2 is 2.00 bits per heavy atom. The van der Waals surface area contributed by atoms with Crippen molar-refractivity contribution >= 4 is 22.8 Å². The molecule has 1 fully saturated rings. The standard InChI is InChI=1S/C16H18N4O2/c1-10(2)14-15(21)19-7-8-20(14)16(22)11-3-4-12-13(9-11)18-6-5-17-12/h3-6,9-10,14H,7-8H2,1-2H3,(H,19,21). The number of amides is 2. The molecular weight excluding hydrogens is 280 g/mol. The quantitative estimate of drug-likeness (QED) is 0.904. The fourth-order valence-electron chi connectivity index (χ4n) is 2.84. The number of hydrogen-bond acceptors (Lipinski definition) is 4. The molecule has 114 valence electrons. The van der Waals surface area contributed by atoms with Crippen LogP contribution in [-0.4, -0.2) is 45.8 Å². The minimum absolute atomic E-state index is 0.0597. The molecule has 1 saturated heterocycles. The van der Waals surface area contributed by atoms with Crippen LogP contribution in [0.15, 0.2) is 30.6 Å². The lowest BCUT2D eigenvalue weighted by atomic mass is 9.98. The summed E-state index contributed by atoms with van der Waals surface area (Å²) >= 11 is 0. The van der Waals surface area contributed by atoms with Crippen molar-refractivity contribution in [1.29, 1.82) is 0 Å². The largest absolute Gasteiger partial charge is 0.353 e. The second-order valence-corrected chi connectivity index (χ2v) is 5.74. The number of nitrogens with one attached hydrogen (secondary N) is 1. The van der Waals surface area contributed by atoms with Gasteiger partial charge in [-0.05, 0) is 24.1 Å². The molecule has 1 aromatic carbocycles. The van der Waals surface area contributed by atoms with Crippen LogP contribution in [0.2, 0.25) is 0 Å². The van der Waals surface area contributed by atoms with Crippen LogP contribution in [0.3, 0.4) is 0 Å². The van der Waals surface area contributed by atoms with Crippen molar-refractivity contribution in [2.24, 2.45) is 5.92 Å². The molecule has 1 N–H and O–H groups in total. The summed E-state index contributed by atoms with van der Waals surface area (Å²) in [6.07, 6.45) is 3.22. The Morgan fingerprint density at radius 1 is 1.27 bits per heavy atom. The number of aromatic nitrogens is 2. The summed E-state index contributed by atoms with van der Waals surface area (Å²) in [7, 11) is 0. The third kappa shape index (κ3) is 2.52. The predicted molar refractivity (Wildman–Crippen MR) is 82.2 cm³/mol. The molecule has 0 saturated carbocycles. The third-order valence-electron chi connectivity index (χ3n) is 3.86. The summed E-state index contributed by atoms with van der Waals surface area (Å²) in [5, 5.41) is 2.82. The summed E-state index contributed by atoms with van der Waals surface area (Å²) < 4.78 is 0. The highest BCUT2D eigenvalue weighted by Gasteiger charge is 2.35. The first kappa shape index (κ1) is 14.4. The summed E-state index contributed by atoms with van der Waals surface area (Å²) in [4.78, 5) is 34.9. The number of carbonyl (C=O) groups excluding carboxylic acids is 2. The van der Waals surface area contributed by atoms with Gasteiger partial charge in [0.1, 0.15) is 6.04 Å². The van der Waals surface area contributed by atoms with Crippen molar-refractivity contribution in [3.8, 4) is 0 Å². The van der Waals surface area contributed by atoms with Crippen molar-refractivity contribution in [2.75, 3.05) is 13.1 Å². The van der Waals surface area contributed by atoms with Crippen molar-refractivity contribution < 1.29 is 9.59 Å². The highest BCUT2D eigenvalue weighted by Crippen LogP contribution is 2.19. The smallest absolute Gasteiger partial charge is 0.254 e. The Labute approximate surface area is 128 Å². The number of nitrogens with zero attached hydrogens (tertiary/aromatic N) is 3. The SMILES string of the molecule is CC(C)C1C(=O)NCCN1C(=O)c1ccc2nccnc2c1. The molecule has 6 nitrogen and oxygen atoms in total. The molecule has 0 bridgehead atoms. The zero-order valence-corrected chi connectivity index (χ0v) is 12.6. The van der Waals surface area contributed by atoms with Crippen LogP contribution >= 0.6 is 0 Å². The lowest BCUT2D eigenvalue weighted by molar-refractivity contribution is -0.129. The second kappa shape index (κ2) is 5.71. The number of rotatable bonds is 2. The van der Waals surface area contributed by atoms with E-state index < -0.39 is 6.04 Å². The van der Waals surface area contributed by atoms with E-state index in [9.17, 15) is 9.59 Å². The maximum atomic E-state index is 12.8. The number of piperazine rings is 1.